The highest BCUT2D eigenvalue weighted by Gasteiger charge is 2.08. The summed E-state index contributed by atoms with van der Waals surface area (Å²) < 4.78 is 5.09. The lowest BCUT2D eigenvalue weighted by Crippen LogP contribution is -2.25. The molecule has 274 valence electrons. The van der Waals surface area contributed by atoms with Gasteiger partial charge in [0.15, 0.2) is 0 Å². The summed E-state index contributed by atoms with van der Waals surface area (Å²) >= 11 is 0. The van der Waals surface area contributed by atoms with Gasteiger partial charge in [0.2, 0.25) is 0 Å². The average molecular weight is 656 g/mol. The van der Waals surface area contributed by atoms with Gasteiger partial charge in [-0.25, -0.2) is 0 Å². The Morgan fingerprint density at radius 1 is 0.468 bits per heavy atom. The third-order valence-electron chi connectivity index (χ3n) is 10.0. The van der Waals surface area contributed by atoms with E-state index in [0.717, 1.165) is 12.8 Å². The van der Waals surface area contributed by atoms with Gasteiger partial charge in [0, 0.05) is 25.2 Å². The van der Waals surface area contributed by atoms with E-state index in [0.29, 0.717) is 13.0 Å². The molecule has 0 radical (unpaired) electrons. The predicted molar refractivity (Wildman–Crippen MR) is 209 cm³/mol. The van der Waals surface area contributed by atoms with Gasteiger partial charge in [0.25, 0.3) is 0 Å². The van der Waals surface area contributed by atoms with Crippen LogP contribution in [0.2, 0.25) is 0 Å². The van der Waals surface area contributed by atoms with E-state index < -0.39 is 0 Å². The van der Waals surface area contributed by atoms with E-state index in [-0.39, 0.29) is 5.97 Å². The zero-order valence-corrected chi connectivity index (χ0v) is 32.1. The topological polar surface area (TPSA) is 29.5 Å². The third kappa shape index (κ3) is 28.1. The molecular formula is C44H81NO2. The maximum atomic E-state index is 11.7. The first-order chi connectivity index (χ1) is 23.2. The number of unbranched alkanes of at least 4 members (excludes halogenated alkanes) is 26. The maximum absolute atomic E-state index is 11.7. The number of hydrogen-bond donors (Lipinski definition) is 0. The molecule has 0 aliphatic rings. The van der Waals surface area contributed by atoms with E-state index >= 15 is 0 Å². The van der Waals surface area contributed by atoms with Crippen LogP contribution >= 0.6 is 0 Å². The summed E-state index contributed by atoms with van der Waals surface area (Å²) in [5.41, 5.74) is 2.70. The van der Waals surface area contributed by atoms with Crippen LogP contribution in [0.1, 0.15) is 219 Å². The summed E-state index contributed by atoms with van der Waals surface area (Å²) in [4.78, 5) is 14.4. The van der Waals surface area contributed by atoms with Crippen molar-refractivity contribution in [2.45, 2.75) is 220 Å². The first-order valence-electron chi connectivity index (χ1n) is 21.2. The third-order valence-corrected chi connectivity index (χ3v) is 10.0. The van der Waals surface area contributed by atoms with Gasteiger partial charge in [-0.1, -0.05) is 193 Å². The van der Waals surface area contributed by atoms with E-state index in [2.05, 4.69) is 43.0 Å². The smallest absolute Gasteiger partial charge is 0.305 e. The van der Waals surface area contributed by atoms with Gasteiger partial charge in [-0.05, 0) is 50.3 Å². The van der Waals surface area contributed by atoms with Gasteiger partial charge in [-0.2, -0.15) is 0 Å². The molecule has 0 saturated heterocycles. The summed E-state index contributed by atoms with van der Waals surface area (Å²) in [5.74, 6) is -0.0726. The van der Waals surface area contributed by atoms with E-state index in [9.17, 15) is 4.79 Å². The van der Waals surface area contributed by atoms with Crippen LogP contribution in [0.25, 0.3) is 0 Å². The number of esters is 1. The fourth-order valence-corrected chi connectivity index (χ4v) is 6.91. The van der Waals surface area contributed by atoms with Crippen LogP contribution < -0.4 is 4.90 Å². The highest BCUT2D eigenvalue weighted by atomic mass is 16.5. The number of anilines is 1. The lowest BCUT2D eigenvalue weighted by molar-refractivity contribution is -0.143. The largest absolute Gasteiger partial charge is 0.466 e. The SMILES string of the molecule is CCCCCCCCCCCCCCCCN(CCCCCCCCCCCCCCCC)c1ccc(CCCC(=O)OCC)cc1. The fraction of sp³-hybridized carbons (Fsp3) is 0.841. The predicted octanol–water partition coefficient (Wildman–Crippen LogP) is 14.3. The molecule has 0 aromatic heterocycles. The number of benzene rings is 1. The molecule has 3 nitrogen and oxygen atoms in total. The van der Waals surface area contributed by atoms with Crippen molar-refractivity contribution in [1.82, 2.24) is 0 Å². The molecule has 0 bridgehead atoms. The van der Waals surface area contributed by atoms with Crippen LogP contribution in [-0.2, 0) is 16.0 Å². The Balaban J connectivity index is 2.29. The van der Waals surface area contributed by atoms with Crippen molar-refractivity contribution in [3.05, 3.63) is 29.8 Å². The van der Waals surface area contributed by atoms with Crippen molar-refractivity contribution in [2.75, 3.05) is 24.6 Å². The summed E-state index contributed by atoms with van der Waals surface area (Å²) in [5, 5.41) is 0. The highest BCUT2D eigenvalue weighted by Crippen LogP contribution is 2.20. The number of hydrogen-bond acceptors (Lipinski definition) is 3. The van der Waals surface area contributed by atoms with Gasteiger partial charge in [-0.3, -0.25) is 4.79 Å². The molecule has 0 aliphatic carbocycles. The molecule has 1 aromatic rings. The molecule has 0 atom stereocenters. The average Bonchev–Trinajstić information content (AvgIpc) is 3.08. The summed E-state index contributed by atoms with van der Waals surface area (Å²) in [6.45, 7) is 9.31. The van der Waals surface area contributed by atoms with Crippen LogP contribution in [0.4, 0.5) is 5.69 Å². The minimum absolute atomic E-state index is 0.0726. The Kier molecular flexibility index (Phi) is 31.8. The van der Waals surface area contributed by atoms with Crippen molar-refractivity contribution in [3.63, 3.8) is 0 Å². The number of aryl methyl sites for hydroxylation is 1. The van der Waals surface area contributed by atoms with E-state index in [1.165, 1.54) is 204 Å². The summed E-state index contributed by atoms with van der Waals surface area (Å²) in [7, 11) is 0. The molecule has 47 heavy (non-hydrogen) atoms. The Bertz CT molecular complexity index is 744. The molecule has 0 heterocycles. The van der Waals surface area contributed by atoms with Gasteiger partial charge < -0.3 is 9.64 Å². The van der Waals surface area contributed by atoms with Gasteiger partial charge in [0.05, 0.1) is 6.61 Å². The molecule has 1 rings (SSSR count). The van der Waals surface area contributed by atoms with Gasteiger partial charge in [-0.15, -0.1) is 0 Å². The molecule has 0 unspecified atom stereocenters. The Morgan fingerprint density at radius 2 is 0.809 bits per heavy atom. The number of rotatable bonds is 36. The van der Waals surface area contributed by atoms with Crippen LogP contribution in [0.5, 0.6) is 0 Å². The lowest BCUT2D eigenvalue weighted by Gasteiger charge is -2.25. The van der Waals surface area contributed by atoms with Crippen molar-refractivity contribution < 1.29 is 9.53 Å². The fourth-order valence-electron chi connectivity index (χ4n) is 6.91. The quantitative estimate of drug-likeness (QED) is 0.0532. The number of ether oxygens (including phenoxy) is 1. The second kappa shape index (κ2) is 34.4. The summed E-state index contributed by atoms with van der Waals surface area (Å²) in [6.07, 6.45) is 41.9. The number of nitrogens with zero attached hydrogens (tertiary/aromatic N) is 1. The molecule has 3 heteroatoms. The Hall–Kier alpha value is -1.51. The van der Waals surface area contributed by atoms with Crippen molar-refractivity contribution in [2.24, 2.45) is 0 Å². The standard InChI is InChI=1S/C44H81NO2/c1-4-7-9-11-13-15-17-19-21-23-25-27-29-31-40-45(43-38-36-42(37-39-43)34-33-35-44(46)47-6-3)41-32-30-28-26-24-22-20-18-16-14-12-10-8-5-2/h36-39H,4-35,40-41H2,1-3H3. The van der Waals surface area contributed by atoms with Crippen molar-refractivity contribution >= 4 is 11.7 Å². The molecule has 0 N–H and O–H groups in total. The van der Waals surface area contributed by atoms with Crippen LogP contribution in [0.15, 0.2) is 24.3 Å². The van der Waals surface area contributed by atoms with E-state index in [1.54, 1.807) is 0 Å². The second-order valence-corrected chi connectivity index (χ2v) is 14.5. The van der Waals surface area contributed by atoms with Gasteiger partial charge >= 0.3 is 5.97 Å². The van der Waals surface area contributed by atoms with E-state index in [1.807, 2.05) is 6.92 Å². The molecule has 0 amide bonds. The zero-order valence-electron chi connectivity index (χ0n) is 32.1. The van der Waals surface area contributed by atoms with Crippen LogP contribution in [0.3, 0.4) is 0 Å². The highest BCUT2D eigenvalue weighted by molar-refractivity contribution is 5.69. The lowest BCUT2D eigenvalue weighted by atomic mass is 10.0. The van der Waals surface area contributed by atoms with Crippen molar-refractivity contribution in [1.29, 1.82) is 0 Å². The minimum Gasteiger partial charge on any atom is -0.466 e. The molecule has 0 spiro atoms. The second-order valence-electron chi connectivity index (χ2n) is 14.5. The number of carbonyl (C=O) groups excluding carboxylic acids is 1. The normalized spacial score (nSPS) is 11.3. The first kappa shape index (κ1) is 43.5. The van der Waals surface area contributed by atoms with E-state index in [4.69, 9.17) is 4.74 Å². The Labute approximate surface area is 294 Å². The van der Waals surface area contributed by atoms with Crippen LogP contribution in [0, 0.1) is 0 Å². The van der Waals surface area contributed by atoms with Crippen molar-refractivity contribution in [3.8, 4) is 0 Å². The zero-order chi connectivity index (χ0) is 33.9. The molecule has 0 saturated carbocycles. The molecule has 0 fully saturated rings. The molecule has 1 aromatic carbocycles. The molecular weight excluding hydrogens is 574 g/mol. The number of carbonyl (C=O) groups is 1. The maximum Gasteiger partial charge on any atom is 0.305 e. The summed E-state index contributed by atoms with van der Waals surface area (Å²) in [6, 6.07) is 9.22. The van der Waals surface area contributed by atoms with Crippen LogP contribution in [-0.4, -0.2) is 25.7 Å². The minimum atomic E-state index is -0.0726. The van der Waals surface area contributed by atoms with Gasteiger partial charge in [0.1, 0.15) is 0 Å². The Morgan fingerprint density at radius 3 is 1.15 bits per heavy atom. The molecule has 0 aliphatic heterocycles. The first-order valence-corrected chi connectivity index (χ1v) is 21.2. The monoisotopic (exact) mass is 656 g/mol.